The number of rotatable bonds is 15. The number of hydrogen-bond donors (Lipinski definition) is 6. The Kier molecular flexibility index (Phi) is 13.1. The fourth-order valence-electron chi connectivity index (χ4n) is 4.50. The van der Waals surface area contributed by atoms with Crippen molar-refractivity contribution in [2.45, 2.75) is 33.8 Å². The first kappa shape index (κ1) is 38.8. The number of urea groups is 2. The van der Waals surface area contributed by atoms with Crippen molar-refractivity contribution in [2.24, 2.45) is 5.73 Å². The average Bonchev–Trinajstić information content (AvgIpc) is 3.43. The molecule has 14 nitrogen and oxygen atoms in total. The average molecular weight is 759 g/mol. The van der Waals surface area contributed by atoms with Crippen LogP contribution in [0.25, 0.3) is 11.1 Å². The highest BCUT2D eigenvalue weighted by Crippen LogP contribution is 2.41. The number of benzene rings is 2. The van der Waals surface area contributed by atoms with Crippen molar-refractivity contribution in [3.8, 4) is 11.1 Å². The minimum Gasteiger partial charge on any atom is -0.383 e. The number of anilines is 2. The maximum Gasteiger partial charge on any atom is 0.319 e. The van der Waals surface area contributed by atoms with Crippen LogP contribution in [0, 0.1) is 12.3 Å². The number of thioether (sulfide) groups is 1. The predicted molar refractivity (Wildman–Crippen MR) is 192 cm³/mol. The predicted octanol–water partition coefficient (Wildman–Crippen LogP) is 3.67. The molecule has 0 fully saturated rings. The second-order valence-electron chi connectivity index (χ2n) is 10.8. The van der Waals surface area contributed by atoms with Gasteiger partial charge in [-0.05, 0) is 61.4 Å². The minimum atomic E-state index is -4.35. The van der Waals surface area contributed by atoms with Gasteiger partial charge in [-0.1, -0.05) is 18.2 Å². The molecule has 0 unspecified atom stereocenters. The summed E-state index contributed by atoms with van der Waals surface area (Å²) in [7, 11) is -10.8. The largest absolute Gasteiger partial charge is 0.383 e. The number of sulfone groups is 3. The highest BCUT2D eigenvalue weighted by molar-refractivity contribution is 8.01. The molecule has 3 aromatic rings. The zero-order chi connectivity index (χ0) is 35.9. The molecular formula is C29H38N6O8S5. The number of carbonyl (C=O) groups excluding carboxylic acids is 2. The van der Waals surface area contributed by atoms with E-state index in [4.69, 9.17) is 11.1 Å². The van der Waals surface area contributed by atoms with E-state index in [2.05, 4.69) is 21.3 Å². The molecule has 0 bridgehead atoms. The van der Waals surface area contributed by atoms with Crippen molar-refractivity contribution in [3.05, 3.63) is 52.9 Å². The standard InChI is InChI=1S/C29H38N6O8S5/c1-18-8-5-9-21(35-29(37)33-13-7-15-47(4,40)41)25(18)19-10-11-20(34-28(36)32-12-6-14-46(3,38)39)23(16-19)48(42,43)24-17-22(26(30)31)45-27(24)44-2/h5,8-11,16-17H,6-7,12-15H2,1-4H3,(H3,30,31)(H2,32,34,36)(H2,33,35,37). The van der Waals surface area contributed by atoms with Crippen LogP contribution in [0.1, 0.15) is 23.3 Å². The normalized spacial score (nSPS) is 11.9. The summed E-state index contributed by atoms with van der Waals surface area (Å²) >= 11 is 2.21. The maximum atomic E-state index is 14.3. The number of amides is 4. The number of carbonyl (C=O) groups is 2. The van der Waals surface area contributed by atoms with E-state index in [-0.39, 0.29) is 63.6 Å². The molecule has 0 saturated carbocycles. The van der Waals surface area contributed by atoms with Crippen molar-refractivity contribution >= 4 is 81.9 Å². The van der Waals surface area contributed by atoms with Crippen LogP contribution in [0.4, 0.5) is 21.0 Å². The Morgan fingerprint density at radius 2 is 1.40 bits per heavy atom. The number of aryl methyl sites for hydroxylation is 1. The van der Waals surface area contributed by atoms with Gasteiger partial charge in [-0.25, -0.2) is 34.8 Å². The number of thiophene rings is 1. The van der Waals surface area contributed by atoms with Gasteiger partial charge in [0.2, 0.25) is 9.84 Å². The Morgan fingerprint density at radius 3 is 1.92 bits per heavy atom. The number of nitrogen functional groups attached to an aromatic ring is 1. The summed E-state index contributed by atoms with van der Waals surface area (Å²) in [4.78, 5) is 25.4. The van der Waals surface area contributed by atoms with Crippen molar-refractivity contribution in [2.75, 3.05) is 54.0 Å². The van der Waals surface area contributed by atoms with Gasteiger partial charge in [-0.2, -0.15) is 0 Å². The molecule has 48 heavy (non-hydrogen) atoms. The summed E-state index contributed by atoms with van der Waals surface area (Å²) < 4.78 is 74.6. The molecule has 4 amide bonds. The second-order valence-corrected chi connectivity index (χ2v) is 19.4. The molecule has 0 aliphatic heterocycles. The van der Waals surface area contributed by atoms with Crippen LogP contribution in [0.3, 0.4) is 0 Å². The van der Waals surface area contributed by atoms with Gasteiger partial charge in [0, 0.05) is 31.2 Å². The van der Waals surface area contributed by atoms with Crippen LogP contribution in [0.15, 0.2) is 56.5 Å². The molecular weight excluding hydrogens is 721 g/mol. The van der Waals surface area contributed by atoms with E-state index < -0.39 is 41.6 Å². The Labute approximate surface area is 288 Å². The highest BCUT2D eigenvalue weighted by atomic mass is 32.2. The molecule has 1 heterocycles. The van der Waals surface area contributed by atoms with Crippen LogP contribution >= 0.6 is 23.1 Å². The van der Waals surface area contributed by atoms with Crippen LogP contribution in [-0.4, -0.2) is 86.5 Å². The third-order valence-corrected chi connectivity index (χ3v) is 13.1. The van der Waals surface area contributed by atoms with Crippen LogP contribution in [-0.2, 0) is 29.5 Å². The van der Waals surface area contributed by atoms with Crippen molar-refractivity contribution in [1.82, 2.24) is 10.6 Å². The SMILES string of the molecule is CSc1sc(C(=N)N)cc1S(=O)(=O)c1cc(-c2c(C)cccc2NC(=O)NCCCS(C)(=O)=O)ccc1NC(=O)NCCCS(C)(=O)=O. The lowest BCUT2D eigenvalue weighted by Crippen LogP contribution is -2.31. The first-order valence-corrected chi connectivity index (χ1v) is 21.9. The molecule has 2 aromatic carbocycles. The number of hydrogen-bond acceptors (Lipinski definition) is 11. The molecule has 7 N–H and O–H groups in total. The molecule has 0 saturated heterocycles. The second kappa shape index (κ2) is 16.2. The molecule has 3 rings (SSSR count). The zero-order valence-corrected chi connectivity index (χ0v) is 30.8. The number of nitrogens with two attached hydrogens (primary N) is 1. The van der Waals surface area contributed by atoms with Gasteiger partial charge in [-0.15, -0.1) is 23.1 Å². The lowest BCUT2D eigenvalue weighted by atomic mass is 9.98. The van der Waals surface area contributed by atoms with Gasteiger partial charge in [0.15, 0.2) is 0 Å². The lowest BCUT2D eigenvalue weighted by molar-refractivity contribution is 0.251. The monoisotopic (exact) mass is 758 g/mol. The van der Waals surface area contributed by atoms with E-state index >= 15 is 0 Å². The first-order chi connectivity index (χ1) is 22.3. The van der Waals surface area contributed by atoms with Gasteiger partial charge in [0.05, 0.1) is 41.8 Å². The van der Waals surface area contributed by atoms with E-state index in [1.165, 1.54) is 18.2 Å². The van der Waals surface area contributed by atoms with Gasteiger partial charge in [0.25, 0.3) is 0 Å². The quantitative estimate of drug-likeness (QED) is 0.0569. The number of nitrogens with one attached hydrogen (secondary N) is 5. The first-order valence-electron chi connectivity index (χ1n) is 14.3. The number of amidine groups is 1. The Morgan fingerprint density at radius 1 is 0.833 bits per heavy atom. The molecule has 19 heteroatoms. The Balaban J connectivity index is 2.05. The highest BCUT2D eigenvalue weighted by Gasteiger charge is 2.29. The van der Waals surface area contributed by atoms with Crippen LogP contribution in [0.2, 0.25) is 0 Å². The third kappa shape index (κ3) is 10.9. The Hall–Kier alpha value is -3.65. The van der Waals surface area contributed by atoms with E-state index in [1.807, 2.05) is 0 Å². The van der Waals surface area contributed by atoms with Crippen molar-refractivity contribution < 1.29 is 34.8 Å². The molecule has 0 atom stereocenters. The van der Waals surface area contributed by atoms with E-state index in [0.29, 0.717) is 26.6 Å². The fourth-order valence-corrected chi connectivity index (χ4v) is 9.88. The van der Waals surface area contributed by atoms with Gasteiger partial charge >= 0.3 is 12.1 Å². The van der Waals surface area contributed by atoms with E-state index in [1.54, 1.807) is 37.4 Å². The van der Waals surface area contributed by atoms with E-state index in [0.717, 1.165) is 35.6 Å². The minimum absolute atomic E-state index is 0.0246. The summed E-state index contributed by atoms with van der Waals surface area (Å²) in [5, 5.41) is 18.3. The van der Waals surface area contributed by atoms with Gasteiger partial charge in [0.1, 0.15) is 25.5 Å². The Bertz CT molecular complexity index is 2030. The maximum absolute atomic E-state index is 14.3. The van der Waals surface area contributed by atoms with Crippen LogP contribution < -0.4 is 27.0 Å². The smallest absolute Gasteiger partial charge is 0.319 e. The molecule has 0 spiro atoms. The van der Waals surface area contributed by atoms with E-state index in [9.17, 15) is 34.8 Å². The summed E-state index contributed by atoms with van der Waals surface area (Å²) in [6.45, 7) is 1.91. The zero-order valence-electron chi connectivity index (χ0n) is 26.7. The lowest BCUT2D eigenvalue weighted by Gasteiger charge is -2.18. The van der Waals surface area contributed by atoms with Crippen molar-refractivity contribution in [1.29, 1.82) is 5.41 Å². The van der Waals surface area contributed by atoms with Crippen molar-refractivity contribution in [3.63, 3.8) is 0 Å². The third-order valence-electron chi connectivity index (χ3n) is 6.69. The fraction of sp³-hybridized carbons (Fsp3) is 0.345. The van der Waals surface area contributed by atoms with Gasteiger partial charge < -0.3 is 27.0 Å². The topological polar surface area (TPSA) is 235 Å². The van der Waals surface area contributed by atoms with Crippen LogP contribution in [0.5, 0.6) is 0 Å². The summed E-state index contributed by atoms with van der Waals surface area (Å²) in [6, 6.07) is 9.46. The molecule has 0 aliphatic rings. The summed E-state index contributed by atoms with van der Waals surface area (Å²) in [5.41, 5.74) is 7.53. The molecule has 1 aromatic heterocycles. The molecule has 0 aliphatic carbocycles. The summed E-state index contributed by atoms with van der Waals surface area (Å²) in [6.07, 6.45) is 4.26. The summed E-state index contributed by atoms with van der Waals surface area (Å²) in [5.74, 6) is -0.529. The van der Waals surface area contributed by atoms with Gasteiger partial charge in [-0.3, -0.25) is 5.41 Å². The molecule has 262 valence electrons. The molecule has 0 radical (unpaired) electrons.